The van der Waals surface area contributed by atoms with E-state index in [4.69, 9.17) is 27.9 Å². The molecule has 0 aromatic heterocycles. The number of halogens is 3. The molecule has 1 aromatic carbocycles. The van der Waals surface area contributed by atoms with E-state index in [2.05, 4.69) is 28.2 Å². The van der Waals surface area contributed by atoms with Crippen molar-refractivity contribution in [1.82, 2.24) is 0 Å². The largest absolute Gasteiger partial charge is 0.489 e. The Kier molecular flexibility index (Phi) is 6.17. The number of benzene rings is 1. The molecule has 0 amide bonds. The number of hydrogen-bond donors (Lipinski definition) is 1. The van der Waals surface area contributed by atoms with E-state index in [9.17, 15) is 0 Å². The first-order valence-electron chi connectivity index (χ1n) is 5.22. The third-order valence-electron chi connectivity index (χ3n) is 2.26. The van der Waals surface area contributed by atoms with Crippen molar-refractivity contribution < 1.29 is 4.74 Å². The summed E-state index contributed by atoms with van der Waals surface area (Å²) in [6, 6.07) is 3.92. The van der Waals surface area contributed by atoms with Gasteiger partial charge in [0.05, 0.1) is 5.69 Å². The van der Waals surface area contributed by atoms with Crippen LogP contribution >= 0.6 is 39.1 Å². The van der Waals surface area contributed by atoms with Gasteiger partial charge in [-0.1, -0.05) is 30.1 Å². The Morgan fingerprint density at radius 1 is 1.47 bits per heavy atom. The van der Waals surface area contributed by atoms with Crippen LogP contribution in [0.4, 0.5) is 5.69 Å². The zero-order valence-corrected chi connectivity index (χ0v) is 12.8. The molecule has 0 heterocycles. The molecule has 0 saturated carbocycles. The monoisotopic (exact) mass is 337 g/mol. The second kappa shape index (κ2) is 7.14. The molecule has 0 saturated heterocycles. The summed E-state index contributed by atoms with van der Waals surface area (Å²) in [6.07, 6.45) is 2.53. The highest BCUT2D eigenvalue weighted by molar-refractivity contribution is 9.10. The summed E-state index contributed by atoms with van der Waals surface area (Å²) >= 11 is 14.5. The fourth-order valence-electron chi connectivity index (χ4n) is 1.48. The van der Waals surface area contributed by atoms with Crippen LogP contribution in [0, 0.1) is 0 Å². The number of anilines is 1. The number of hydrogen-bond acceptors (Lipinski definition) is 2. The molecular formula is C12H14BrCl2NO. The smallest absolute Gasteiger partial charge is 0.121 e. The normalized spacial score (nSPS) is 9.94. The van der Waals surface area contributed by atoms with Crippen molar-refractivity contribution in [2.75, 3.05) is 19.0 Å². The lowest BCUT2D eigenvalue weighted by Crippen LogP contribution is -1.99. The van der Waals surface area contributed by atoms with Gasteiger partial charge in [-0.15, -0.1) is 0 Å². The van der Waals surface area contributed by atoms with Crippen LogP contribution in [0.3, 0.4) is 0 Å². The Balaban J connectivity index is 2.88. The van der Waals surface area contributed by atoms with Crippen LogP contribution in [-0.4, -0.2) is 13.7 Å². The van der Waals surface area contributed by atoms with Crippen LogP contribution < -0.4 is 10.1 Å². The molecule has 1 aromatic rings. The number of ether oxygens (including phenoxy) is 1. The number of nitrogens with one attached hydrogen (secondary N) is 1. The summed E-state index contributed by atoms with van der Waals surface area (Å²) < 4.78 is 6.73. The maximum Gasteiger partial charge on any atom is 0.121 e. The van der Waals surface area contributed by atoms with Gasteiger partial charge < -0.3 is 10.1 Å². The van der Waals surface area contributed by atoms with Gasteiger partial charge in [0.15, 0.2) is 0 Å². The molecular weight excluding hydrogens is 325 g/mol. The Morgan fingerprint density at radius 3 is 2.71 bits per heavy atom. The highest BCUT2D eigenvalue weighted by Crippen LogP contribution is 2.31. The van der Waals surface area contributed by atoms with E-state index in [-0.39, 0.29) is 4.49 Å². The van der Waals surface area contributed by atoms with Crippen molar-refractivity contribution in [2.45, 2.75) is 13.3 Å². The van der Waals surface area contributed by atoms with Crippen molar-refractivity contribution in [3.05, 3.63) is 32.7 Å². The molecule has 0 fully saturated rings. The molecule has 0 aliphatic rings. The Hall–Kier alpha value is -0.380. The lowest BCUT2D eigenvalue weighted by Gasteiger charge is -2.13. The van der Waals surface area contributed by atoms with E-state index in [1.807, 2.05) is 19.2 Å². The zero-order chi connectivity index (χ0) is 12.8. The van der Waals surface area contributed by atoms with Gasteiger partial charge in [0.25, 0.3) is 0 Å². The molecule has 0 bridgehead atoms. The third kappa shape index (κ3) is 4.41. The van der Waals surface area contributed by atoms with Gasteiger partial charge in [-0.25, -0.2) is 0 Å². The van der Waals surface area contributed by atoms with Gasteiger partial charge >= 0.3 is 0 Å². The van der Waals surface area contributed by atoms with Crippen LogP contribution in [0.25, 0.3) is 0 Å². The maximum atomic E-state index is 5.54. The maximum absolute atomic E-state index is 5.54. The van der Waals surface area contributed by atoms with E-state index < -0.39 is 0 Å². The van der Waals surface area contributed by atoms with Crippen LogP contribution in [0.2, 0.25) is 0 Å². The van der Waals surface area contributed by atoms with Gasteiger partial charge in [-0.2, -0.15) is 0 Å². The topological polar surface area (TPSA) is 21.3 Å². The summed E-state index contributed by atoms with van der Waals surface area (Å²) in [6.45, 7) is 2.46. The van der Waals surface area contributed by atoms with E-state index in [0.29, 0.717) is 6.61 Å². The summed E-state index contributed by atoms with van der Waals surface area (Å²) in [7, 11) is 1.90. The summed E-state index contributed by atoms with van der Waals surface area (Å²) in [4.78, 5) is 0. The highest BCUT2D eigenvalue weighted by Gasteiger charge is 2.07. The van der Waals surface area contributed by atoms with Crippen LogP contribution in [0.5, 0.6) is 5.75 Å². The second-order valence-corrected chi connectivity index (χ2v) is 5.21. The van der Waals surface area contributed by atoms with E-state index in [1.54, 1.807) is 6.08 Å². The minimum absolute atomic E-state index is 0.214. The molecule has 0 radical (unpaired) electrons. The SMILES string of the molecule is CCc1cc(OCC=C(Cl)Cl)cc(Br)c1NC. The molecule has 0 atom stereocenters. The molecule has 5 heteroatoms. The fourth-order valence-corrected chi connectivity index (χ4v) is 2.28. The highest BCUT2D eigenvalue weighted by atomic mass is 79.9. The van der Waals surface area contributed by atoms with Gasteiger partial charge in [0.1, 0.15) is 16.8 Å². The minimum atomic E-state index is 0.214. The molecule has 2 nitrogen and oxygen atoms in total. The average Bonchev–Trinajstić information content (AvgIpc) is 2.27. The molecule has 0 unspecified atom stereocenters. The molecule has 1 N–H and O–H groups in total. The van der Waals surface area contributed by atoms with E-state index >= 15 is 0 Å². The average molecular weight is 339 g/mol. The predicted molar refractivity (Wildman–Crippen MR) is 78.4 cm³/mol. The zero-order valence-electron chi connectivity index (χ0n) is 9.69. The van der Waals surface area contributed by atoms with Crippen molar-refractivity contribution >= 4 is 44.8 Å². The van der Waals surface area contributed by atoms with Gasteiger partial charge in [0, 0.05) is 11.5 Å². The lowest BCUT2D eigenvalue weighted by molar-refractivity contribution is 0.362. The van der Waals surface area contributed by atoms with Crippen LogP contribution in [0.15, 0.2) is 27.2 Å². The quantitative estimate of drug-likeness (QED) is 0.836. The van der Waals surface area contributed by atoms with Crippen molar-refractivity contribution in [3.8, 4) is 5.75 Å². The minimum Gasteiger partial charge on any atom is -0.489 e. The number of aryl methyl sites for hydroxylation is 1. The second-order valence-electron chi connectivity index (χ2n) is 3.35. The molecule has 17 heavy (non-hydrogen) atoms. The Morgan fingerprint density at radius 2 is 2.18 bits per heavy atom. The fraction of sp³-hybridized carbons (Fsp3) is 0.333. The molecule has 94 valence electrons. The van der Waals surface area contributed by atoms with Crippen LogP contribution in [0.1, 0.15) is 12.5 Å². The van der Waals surface area contributed by atoms with Crippen molar-refractivity contribution in [1.29, 1.82) is 0 Å². The predicted octanol–water partition coefficient (Wildman–Crippen LogP) is 4.75. The Labute approximate surface area is 120 Å². The first kappa shape index (κ1) is 14.7. The summed E-state index contributed by atoms with van der Waals surface area (Å²) in [5.41, 5.74) is 2.28. The number of rotatable bonds is 5. The molecule has 1 rings (SSSR count). The molecule has 0 aliphatic heterocycles. The van der Waals surface area contributed by atoms with Gasteiger partial charge in [-0.3, -0.25) is 0 Å². The van der Waals surface area contributed by atoms with Gasteiger partial charge in [0.2, 0.25) is 0 Å². The van der Waals surface area contributed by atoms with Gasteiger partial charge in [-0.05, 0) is 46.1 Å². The summed E-state index contributed by atoms with van der Waals surface area (Å²) in [5.74, 6) is 0.790. The standard InChI is InChI=1S/C12H14BrCl2NO/c1-3-8-6-9(17-5-4-11(14)15)7-10(13)12(8)16-2/h4,6-7,16H,3,5H2,1-2H3. The van der Waals surface area contributed by atoms with Crippen LogP contribution in [-0.2, 0) is 6.42 Å². The lowest BCUT2D eigenvalue weighted by atomic mass is 10.1. The first-order chi connectivity index (χ1) is 8.08. The first-order valence-corrected chi connectivity index (χ1v) is 6.77. The molecule has 0 aliphatic carbocycles. The molecule has 0 spiro atoms. The third-order valence-corrected chi connectivity index (χ3v) is 3.20. The van der Waals surface area contributed by atoms with Crippen molar-refractivity contribution in [2.24, 2.45) is 0 Å². The summed E-state index contributed by atoms with van der Waals surface area (Å²) in [5, 5.41) is 3.16. The van der Waals surface area contributed by atoms with Crippen molar-refractivity contribution in [3.63, 3.8) is 0 Å². The Bertz CT molecular complexity index is 417. The van der Waals surface area contributed by atoms with E-state index in [0.717, 1.165) is 22.3 Å². The van der Waals surface area contributed by atoms with E-state index in [1.165, 1.54) is 5.56 Å².